The second kappa shape index (κ2) is 6.03. The minimum Gasteiger partial charge on any atom is -0.301 e. The SMILES string of the molecule is CC(=O)Nc1nnc(-c2ccc(-c3cccc(F)c3)cc2)s1. The van der Waals surface area contributed by atoms with Gasteiger partial charge >= 0.3 is 0 Å². The van der Waals surface area contributed by atoms with E-state index in [0.717, 1.165) is 21.7 Å². The third-order valence-electron chi connectivity index (χ3n) is 3.00. The van der Waals surface area contributed by atoms with E-state index in [1.807, 2.05) is 30.3 Å². The molecule has 0 bridgehead atoms. The number of hydrogen-bond donors (Lipinski definition) is 1. The number of halogens is 1. The minimum atomic E-state index is -0.259. The van der Waals surface area contributed by atoms with Crippen LogP contribution >= 0.6 is 11.3 Å². The van der Waals surface area contributed by atoms with Gasteiger partial charge in [0.15, 0.2) is 0 Å². The maximum absolute atomic E-state index is 13.3. The van der Waals surface area contributed by atoms with Gasteiger partial charge in [0.25, 0.3) is 0 Å². The largest absolute Gasteiger partial charge is 0.301 e. The number of hydrogen-bond acceptors (Lipinski definition) is 4. The number of anilines is 1. The molecule has 0 aliphatic carbocycles. The quantitative estimate of drug-likeness (QED) is 0.796. The van der Waals surface area contributed by atoms with Crippen molar-refractivity contribution in [2.45, 2.75) is 6.92 Å². The zero-order valence-electron chi connectivity index (χ0n) is 11.7. The van der Waals surface area contributed by atoms with Gasteiger partial charge in [-0.05, 0) is 23.3 Å². The van der Waals surface area contributed by atoms with Gasteiger partial charge in [0.1, 0.15) is 10.8 Å². The molecule has 110 valence electrons. The Balaban J connectivity index is 1.85. The molecule has 0 spiro atoms. The van der Waals surface area contributed by atoms with Gasteiger partial charge in [-0.1, -0.05) is 47.7 Å². The Morgan fingerprint density at radius 1 is 1.05 bits per heavy atom. The molecule has 1 aromatic heterocycles. The van der Waals surface area contributed by atoms with Gasteiger partial charge in [0, 0.05) is 12.5 Å². The summed E-state index contributed by atoms with van der Waals surface area (Å²) in [4.78, 5) is 11.0. The maximum atomic E-state index is 13.3. The topological polar surface area (TPSA) is 54.9 Å². The van der Waals surface area contributed by atoms with Crippen LogP contribution in [-0.2, 0) is 4.79 Å². The van der Waals surface area contributed by atoms with Crippen LogP contribution < -0.4 is 5.32 Å². The molecule has 6 heteroatoms. The normalized spacial score (nSPS) is 10.5. The molecule has 0 aliphatic rings. The lowest BCUT2D eigenvalue weighted by molar-refractivity contribution is -0.114. The lowest BCUT2D eigenvalue weighted by Gasteiger charge is -2.02. The van der Waals surface area contributed by atoms with Gasteiger partial charge in [0.2, 0.25) is 11.0 Å². The van der Waals surface area contributed by atoms with E-state index in [1.165, 1.54) is 30.4 Å². The molecule has 1 amide bonds. The number of carbonyl (C=O) groups excluding carboxylic acids is 1. The van der Waals surface area contributed by atoms with Crippen LogP contribution in [-0.4, -0.2) is 16.1 Å². The fraction of sp³-hybridized carbons (Fsp3) is 0.0625. The summed E-state index contributed by atoms with van der Waals surface area (Å²) in [6, 6.07) is 14.1. The van der Waals surface area contributed by atoms with Crippen LogP contribution in [0, 0.1) is 5.82 Å². The van der Waals surface area contributed by atoms with Crippen molar-refractivity contribution in [1.82, 2.24) is 10.2 Å². The van der Waals surface area contributed by atoms with Crippen molar-refractivity contribution >= 4 is 22.4 Å². The van der Waals surface area contributed by atoms with Gasteiger partial charge in [-0.3, -0.25) is 4.79 Å². The number of benzene rings is 2. The third-order valence-corrected chi connectivity index (χ3v) is 3.89. The van der Waals surface area contributed by atoms with Gasteiger partial charge in [0.05, 0.1) is 0 Å². The van der Waals surface area contributed by atoms with E-state index in [-0.39, 0.29) is 11.7 Å². The van der Waals surface area contributed by atoms with Gasteiger partial charge in [-0.25, -0.2) is 4.39 Å². The average Bonchev–Trinajstić information content (AvgIpc) is 2.95. The molecule has 0 saturated heterocycles. The first-order valence-corrected chi connectivity index (χ1v) is 7.41. The predicted molar refractivity (Wildman–Crippen MR) is 85.0 cm³/mol. The van der Waals surface area contributed by atoms with Crippen LogP contribution in [0.25, 0.3) is 21.7 Å². The second-order valence-corrected chi connectivity index (χ2v) is 5.66. The molecule has 3 aromatic rings. The molecular formula is C16H12FN3OS. The summed E-state index contributed by atoms with van der Waals surface area (Å²) in [5.41, 5.74) is 2.65. The fourth-order valence-corrected chi connectivity index (χ4v) is 2.81. The second-order valence-electron chi connectivity index (χ2n) is 4.68. The smallest absolute Gasteiger partial charge is 0.223 e. The van der Waals surface area contributed by atoms with Crippen LogP contribution in [0.1, 0.15) is 6.92 Å². The number of nitrogens with zero attached hydrogens (tertiary/aromatic N) is 2. The fourth-order valence-electron chi connectivity index (χ4n) is 2.01. The zero-order chi connectivity index (χ0) is 15.5. The number of carbonyl (C=O) groups is 1. The van der Waals surface area contributed by atoms with Crippen molar-refractivity contribution in [1.29, 1.82) is 0 Å². The number of amides is 1. The lowest BCUT2D eigenvalue weighted by atomic mass is 10.0. The molecule has 0 radical (unpaired) electrons. The molecule has 0 unspecified atom stereocenters. The molecule has 0 saturated carbocycles. The Morgan fingerprint density at radius 3 is 2.45 bits per heavy atom. The first-order valence-electron chi connectivity index (χ1n) is 6.59. The molecule has 22 heavy (non-hydrogen) atoms. The molecular weight excluding hydrogens is 301 g/mol. The molecule has 3 rings (SSSR count). The van der Waals surface area contributed by atoms with Crippen molar-refractivity contribution < 1.29 is 9.18 Å². The van der Waals surface area contributed by atoms with Crippen LogP contribution in [0.2, 0.25) is 0 Å². The van der Waals surface area contributed by atoms with Crippen molar-refractivity contribution in [2.75, 3.05) is 5.32 Å². The maximum Gasteiger partial charge on any atom is 0.223 e. The number of aromatic nitrogens is 2. The molecule has 0 aliphatic heterocycles. The molecule has 0 fully saturated rings. The first-order chi connectivity index (χ1) is 10.6. The Morgan fingerprint density at radius 2 is 1.77 bits per heavy atom. The first kappa shape index (κ1) is 14.3. The Bertz CT molecular complexity index is 814. The summed E-state index contributed by atoms with van der Waals surface area (Å²) < 4.78 is 13.3. The predicted octanol–water partition coefficient (Wildman–Crippen LogP) is 3.97. The lowest BCUT2D eigenvalue weighted by Crippen LogP contribution is -2.04. The Hall–Kier alpha value is -2.60. The molecule has 1 N–H and O–H groups in total. The van der Waals surface area contributed by atoms with Crippen molar-refractivity contribution in [2.24, 2.45) is 0 Å². The van der Waals surface area contributed by atoms with Crippen LogP contribution in [0.5, 0.6) is 0 Å². The summed E-state index contributed by atoms with van der Waals surface area (Å²) in [5, 5.41) is 11.8. The Labute approximate surface area is 130 Å². The van der Waals surface area contributed by atoms with E-state index >= 15 is 0 Å². The van der Waals surface area contributed by atoms with E-state index in [1.54, 1.807) is 6.07 Å². The highest BCUT2D eigenvalue weighted by atomic mass is 32.1. The van der Waals surface area contributed by atoms with Crippen LogP contribution in [0.4, 0.5) is 9.52 Å². The molecule has 0 atom stereocenters. The van der Waals surface area contributed by atoms with E-state index in [0.29, 0.717) is 5.13 Å². The molecule has 1 heterocycles. The van der Waals surface area contributed by atoms with E-state index in [4.69, 9.17) is 0 Å². The summed E-state index contributed by atoms with van der Waals surface area (Å²) in [6.45, 7) is 1.43. The van der Waals surface area contributed by atoms with Crippen molar-refractivity contribution in [3.8, 4) is 21.7 Å². The molecule has 4 nitrogen and oxygen atoms in total. The van der Waals surface area contributed by atoms with Gasteiger partial charge < -0.3 is 5.32 Å². The summed E-state index contributed by atoms with van der Waals surface area (Å²) in [6.07, 6.45) is 0. The highest BCUT2D eigenvalue weighted by Gasteiger charge is 2.08. The summed E-state index contributed by atoms with van der Waals surface area (Å²) in [5.74, 6) is -0.435. The summed E-state index contributed by atoms with van der Waals surface area (Å²) >= 11 is 1.30. The van der Waals surface area contributed by atoms with E-state index < -0.39 is 0 Å². The van der Waals surface area contributed by atoms with Crippen LogP contribution in [0.3, 0.4) is 0 Å². The van der Waals surface area contributed by atoms with Gasteiger partial charge in [-0.2, -0.15) is 0 Å². The summed E-state index contributed by atoms with van der Waals surface area (Å²) in [7, 11) is 0. The van der Waals surface area contributed by atoms with Crippen molar-refractivity contribution in [3.05, 3.63) is 54.3 Å². The van der Waals surface area contributed by atoms with E-state index in [2.05, 4.69) is 15.5 Å². The standard InChI is InChI=1S/C16H12FN3OS/c1-10(21)18-16-20-19-15(22-16)12-7-5-11(6-8-12)13-3-2-4-14(17)9-13/h2-9H,1H3,(H,18,20,21). The zero-order valence-corrected chi connectivity index (χ0v) is 12.5. The van der Waals surface area contributed by atoms with Gasteiger partial charge in [-0.15, -0.1) is 10.2 Å². The minimum absolute atomic E-state index is 0.177. The van der Waals surface area contributed by atoms with E-state index in [9.17, 15) is 9.18 Å². The highest BCUT2D eigenvalue weighted by molar-refractivity contribution is 7.18. The van der Waals surface area contributed by atoms with Crippen molar-refractivity contribution in [3.63, 3.8) is 0 Å². The van der Waals surface area contributed by atoms with Crippen LogP contribution in [0.15, 0.2) is 48.5 Å². The molecule has 2 aromatic carbocycles. The highest BCUT2D eigenvalue weighted by Crippen LogP contribution is 2.28. The number of rotatable bonds is 3. The third kappa shape index (κ3) is 3.17. The average molecular weight is 313 g/mol. The Kier molecular flexibility index (Phi) is 3.93. The number of nitrogens with one attached hydrogen (secondary N) is 1. The monoisotopic (exact) mass is 313 g/mol.